The zero-order valence-corrected chi connectivity index (χ0v) is 13.2. The van der Waals surface area contributed by atoms with Crippen LogP contribution >= 0.6 is 0 Å². The quantitative estimate of drug-likeness (QED) is 0.761. The Bertz CT molecular complexity index is 927. The molecule has 0 atom stereocenters. The molecule has 25 heavy (non-hydrogen) atoms. The third-order valence-electron chi connectivity index (χ3n) is 3.93. The summed E-state index contributed by atoms with van der Waals surface area (Å²) in [4.78, 5) is 11.1. The van der Waals surface area contributed by atoms with Gasteiger partial charge in [-0.15, -0.1) is 13.2 Å². The van der Waals surface area contributed by atoms with Crippen LogP contribution in [0, 0.1) is 0 Å². The first-order valence-corrected chi connectivity index (χ1v) is 7.39. The zero-order valence-electron chi connectivity index (χ0n) is 13.2. The van der Waals surface area contributed by atoms with Gasteiger partial charge in [-0.3, -0.25) is 0 Å². The molecule has 4 nitrogen and oxygen atoms in total. The van der Waals surface area contributed by atoms with E-state index in [-0.39, 0.29) is 11.3 Å². The van der Waals surface area contributed by atoms with Crippen molar-refractivity contribution >= 4 is 16.9 Å². The van der Waals surface area contributed by atoms with Crippen LogP contribution in [-0.2, 0) is 13.5 Å². The van der Waals surface area contributed by atoms with Crippen LogP contribution in [0.5, 0.6) is 5.75 Å². The maximum atomic E-state index is 12.2. The van der Waals surface area contributed by atoms with Crippen LogP contribution in [0.15, 0.2) is 48.5 Å². The van der Waals surface area contributed by atoms with Crippen molar-refractivity contribution in [2.24, 2.45) is 7.05 Å². The van der Waals surface area contributed by atoms with E-state index in [1.165, 1.54) is 18.2 Å². The Morgan fingerprint density at radius 3 is 2.40 bits per heavy atom. The average molecular weight is 349 g/mol. The van der Waals surface area contributed by atoms with Crippen LogP contribution in [0.25, 0.3) is 10.9 Å². The van der Waals surface area contributed by atoms with Crippen LogP contribution in [-0.4, -0.2) is 22.0 Å². The van der Waals surface area contributed by atoms with E-state index in [0.717, 1.165) is 22.2 Å². The van der Waals surface area contributed by atoms with Gasteiger partial charge in [0.15, 0.2) is 0 Å². The van der Waals surface area contributed by atoms with Gasteiger partial charge in [-0.1, -0.05) is 12.1 Å². The van der Waals surface area contributed by atoms with E-state index < -0.39 is 12.3 Å². The number of alkyl halides is 3. The van der Waals surface area contributed by atoms with Gasteiger partial charge in [0.05, 0.1) is 5.56 Å². The summed E-state index contributed by atoms with van der Waals surface area (Å²) < 4.78 is 42.3. The number of nitrogens with zero attached hydrogens (tertiary/aromatic N) is 1. The van der Waals surface area contributed by atoms with Gasteiger partial charge >= 0.3 is 12.3 Å². The summed E-state index contributed by atoms with van der Waals surface area (Å²) in [5.74, 6) is -1.26. The highest BCUT2D eigenvalue weighted by Gasteiger charge is 2.30. The lowest BCUT2D eigenvalue weighted by Crippen LogP contribution is -2.17. The SMILES string of the molecule is Cn1c(Cc2ccc(OC(F)(F)F)cc2)cc2cc(C(=O)O)ccc21. The molecule has 2 aromatic carbocycles. The van der Waals surface area contributed by atoms with Crippen molar-refractivity contribution in [2.45, 2.75) is 12.8 Å². The molecule has 3 aromatic rings. The van der Waals surface area contributed by atoms with Gasteiger partial charge in [0.1, 0.15) is 5.75 Å². The van der Waals surface area contributed by atoms with E-state index in [9.17, 15) is 18.0 Å². The normalized spacial score (nSPS) is 11.7. The number of aromatic nitrogens is 1. The van der Waals surface area contributed by atoms with E-state index in [2.05, 4.69) is 4.74 Å². The van der Waals surface area contributed by atoms with Gasteiger partial charge in [-0.2, -0.15) is 0 Å². The standard InChI is InChI=1S/C18H14F3NO3/c1-22-14(10-13-9-12(17(23)24)4-7-16(13)22)8-11-2-5-15(6-3-11)25-18(19,20)21/h2-7,9-10H,8H2,1H3,(H,23,24). The predicted octanol–water partition coefficient (Wildman–Crippen LogP) is 4.37. The summed E-state index contributed by atoms with van der Waals surface area (Å²) in [5.41, 5.74) is 2.83. The maximum Gasteiger partial charge on any atom is 0.573 e. The number of carbonyl (C=O) groups is 1. The molecule has 0 unspecified atom stereocenters. The van der Waals surface area contributed by atoms with E-state index >= 15 is 0 Å². The molecule has 1 N–H and O–H groups in total. The van der Waals surface area contributed by atoms with Gasteiger partial charge < -0.3 is 14.4 Å². The Morgan fingerprint density at radius 2 is 1.80 bits per heavy atom. The number of ether oxygens (including phenoxy) is 1. The molecule has 3 rings (SSSR count). The van der Waals surface area contributed by atoms with Crippen LogP contribution in [0.2, 0.25) is 0 Å². The minimum atomic E-state index is -4.71. The Balaban J connectivity index is 1.85. The highest BCUT2D eigenvalue weighted by Crippen LogP contribution is 2.25. The molecule has 0 fully saturated rings. The first-order chi connectivity index (χ1) is 11.7. The molecule has 7 heteroatoms. The smallest absolute Gasteiger partial charge is 0.478 e. The summed E-state index contributed by atoms with van der Waals surface area (Å²) in [6.07, 6.45) is -4.21. The summed E-state index contributed by atoms with van der Waals surface area (Å²) in [5, 5.41) is 9.86. The van der Waals surface area contributed by atoms with Crippen LogP contribution < -0.4 is 4.74 Å². The van der Waals surface area contributed by atoms with Crippen molar-refractivity contribution in [1.29, 1.82) is 0 Å². The molecule has 0 aliphatic rings. The lowest BCUT2D eigenvalue weighted by Gasteiger charge is -2.09. The van der Waals surface area contributed by atoms with Crippen LogP contribution in [0.3, 0.4) is 0 Å². The number of benzene rings is 2. The minimum absolute atomic E-state index is 0.207. The van der Waals surface area contributed by atoms with Gasteiger partial charge in [0, 0.05) is 30.1 Å². The second kappa shape index (κ2) is 6.16. The molecule has 1 aromatic heterocycles. The molecular weight excluding hydrogens is 335 g/mol. The van der Waals surface area contributed by atoms with E-state index in [0.29, 0.717) is 6.42 Å². The maximum absolute atomic E-state index is 12.2. The third kappa shape index (κ3) is 3.76. The van der Waals surface area contributed by atoms with Crippen LogP contribution in [0.1, 0.15) is 21.6 Å². The number of aromatic carboxylic acids is 1. The second-order valence-electron chi connectivity index (χ2n) is 5.64. The third-order valence-corrected chi connectivity index (χ3v) is 3.93. The number of carboxylic acids is 1. The number of hydrogen-bond donors (Lipinski definition) is 1. The van der Waals surface area contributed by atoms with Crippen LogP contribution in [0.4, 0.5) is 13.2 Å². The van der Waals surface area contributed by atoms with Crippen molar-refractivity contribution in [2.75, 3.05) is 0 Å². The molecular formula is C18H14F3NO3. The zero-order chi connectivity index (χ0) is 18.2. The Morgan fingerprint density at radius 1 is 1.12 bits per heavy atom. The molecule has 0 bridgehead atoms. The van der Waals surface area contributed by atoms with Gasteiger partial charge in [-0.25, -0.2) is 4.79 Å². The Labute approximate surface area is 141 Å². The largest absolute Gasteiger partial charge is 0.573 e. The lowest BCUT2D eigenvalue weighted by molar-refractivity contribution is -0.274. The number of aryl methyl sites for hydroxylation is 1. The second-order valence-corrected chi connectivity index (χ2v) is 5.64. The monoisotopic (exact) mass is 349 g/mol. The number of carboxylic acid groups (broad SMARTS) is 1. The first kappa shape index (κ1) is 16.9. The molecule has 0 spiro atoms. The number of halogens is 3. The van der Waals surface area contributed by atoms with Crippen molar-refractivity contribution in [3.05, 3.63) is 65.4 Å². The lowest BCUT2D eigenvalue weighted by atomic mass is 10.1. The summed E-state index contributed by atoms with van der Waals surface area (Å²) in [6, 6.07) is 12.4. The summed E-state index contributed by atoms with van der Waals surface area (Å²) in [7, 11) is 1.86. The van der Waals surface area contributed by atoms with E-state index in [4.69, 9.17) is 5.11 Å². The molecule has 0 amide bonds. The van der Waals surface area contributed by atoms with Crippen molar-refractivity contribution in [3.63, 3.8) is 0 Å². The molecule has 1 heterocycles. The number of hydrogen-bond acceptors (Lipinski definition) is 2. The molecule has 0 aliphatic carbocycles. The highest BCUT2D eigenvalue weighted by atomic mass is 19.4. The molecule has 130 valence electrons. The van der Waals surface area contributed by atoms with Crippen molar-refractivity contribution < 1.29 is 27.8 Å². The van der Waals surface area contributed by atoms with E-state index in [1.807, 2.05) is 17.7 Å². The number of fused-ring (bicyclic) bond motifs is 1. The fourth-order valence-electron chi connectivity index (χ4n) is 2.73. The molecule has 0 saturated heterocycles. The average Bonchev–Trinajstić information content (AvgIpc) is 2.83. The fourth-order valence-corrected chi connectivity index (χ4v) is 2.73. The van der Waals surface area contributed by atoms with Gasteiger partial charge in [0.25, 0.3) is 0 Å². The summed E-state index contributed by atoms with van der Waals surface area (Å²) in [6.45, 7) is 0. The Kier molecular flexibility index (Phi) is 4.16. The highest BCUT2D eigenvalue weighted by molar-refractivity contribution is 5.94. The van der Waals surface area contributed by atoms with Gasteiger partial charge in [-0.05, 0) is 42.0 Å². The van der Waals surface area contributed by atoms with Crippen molar-refractivity contribution in [1.82, 2.24) is 4.57 Å². The number of rotatable bonds is 4. The molecule has 0 aliphatic heterocycles. The summed E-state index contributed by atoms with van der Waals surface area (Å²) >= 11 is 0. The minimum Gasteiger partial charge on any atom is -0.478 e. The topological polar surface area (TPSA) is 51.5 Å². The molecule has 0 saturated carbocycles. The molecule has 0 radical (unpaired) electrons. The fraction of sp³-hybridized carbons (Fsp3) is 0.167. The van der Waals surface area contributed by atoms with Gasteiger partial charge in [0.2, 0.25) is 0 Å². The van der Waals surface area contributed by atoms with Crippen molar-refractivity contribution in [3.8, 4) is 5.75 Å². The first-order valence-electron chi connectivity index (χ1n) is 7.39. The van der Waals surface area contributed by atoms with E-state index in [1.54, 1.807) is 24.3 Å². The Hall–Kier alpha value is -2.96. The predicted molar refractivity (Wildman–Crippen MR) is 85.8 cm³/mol.